The van der Waals surface area contributed by atoms with Crippen molar-refractivity contribution >= 4 is 5.91 Å². The van der Waals surface area contributed by atoms with Crippen LogP contribution in [0.4, 0.5) is 0 Å². The van der Waals surface area contributed by atoms with Gasteiger partial charge in [-0.15, -0.1) is 0 Å². The van der Waals surface area contributed by atoms with Crippen molar-refractivity contribution in [1.29, 1.82) is 0 Å². The van der Waals surface area contributed by atoms with Gasteiger partial charge in [-0.25, -0.2) is 0 Å². The molecule has 0 fully saturated rings. The first-order chi connectivity index (χ1) is 9.64. The lowest BCUT2D eigenvalue weighted by Gasteiger charge is -2.33. The van der Waals surface area contributed by atoms with Crippen LogP contribution in [0.2, 0.25) is 0 Å². The Balaban J connectivity index is 2.05. The highest BCUT2D eigenvalue weighted by Gasteiger charge is 2.34. The number of para-hydroxylation sites is 2. The summed E-state index contributed by atoms with van der Waals surface area (Å²) in [6, 6.07) is 7.10. The molecular formula is C14H19NO5. The topological polar surface area (TPSA) is 88.0 Å². The number of carbonyl (C=O) groups excluding carboxylic acids is 1. The number of aliphatic hydroxyl groups is 2. The van der Waals surface area contributed by atoms with Gasteiger partial charge in [-0.05, 0) is 18.6 Å². The highest BCUT2D eigenvalue weighted by atomic mass is 16.6. The number of benzene rings is 1. The van der Waals surface area contributed by atoms with Crippen LogP contribution in [-0.2, 0) is 4.79 Å². The number of fused-ring (bicyclic) bond motifs is 1. The van der Waals surface area contributed by atoms with Crippen molar-refractivity contribution < 1.29 is 24.5 Å². The molecule has 0 saturated heterocycles. The fourth-order valence-electron chi connectivity index (χ4n) is 1.93. The lowest BCUT2D eigenvalue weighted by molar-refractivity contribution is -0.133. The monoisotopic (exact) mass is 281 g/mol. The minimum Gasteiger partial charge on any atom is -0.485 e. The molecule has 3 N–H and O–H groups in total. The van der Waals surface area contributed by atoms with Crippen LogP contribution in [0.5, 0.6) is 11.5 Å². The van der Waals surface area contributed by atoms with E-state index in [1.54, 1.807) is 25.1 Å². The highest BCUT2D eigenvalue weighted by molar-refractivity contribution is 5.82. The molecule has 1 aliphatic heterocycles. The molecule has 1 heterocycles. The van der Waals surface area contributed by atoms with E-state index in [1.165, 1.54) is 0 Å². The summed E-state index contributed by atoms with van der Waals surface area (Å²) in [5, 5.41) is 21.3. The Labute approximate surface area is 117 Å². The van der Waals surface area contributed by atoms with Crippen LogP contribution >= 0.6 is 0 Å². The molecule has 1 aliphatic rings. The molecule has 0 saturated carbocycles. The van der Waals surface area contributed by atoms with E-state index in [-0.39, 0.29) is 19.8 Å². The molecule has 1 aromatic carbocycles. The summed E-state index contributed by atoms with van der Waals surface area (Å²) < 4.78 is 11.0. The maximum Gasteiger partial charge on any atom is 0.265 e. The third kappa shape index (κ3) is 2.86. The fourth-order valence-corrected chi connectivity index (χ4v) is 1.93. The summed E-state index contributed by atoms with van der Waals surface area (Å²) in [4.78, 5) is 12.2. The molecular weight excluding hydrogens is 262 g/mol. The second-order valence-electron chi connectivity index (χ2n) is 4.80. The molecule has 6 heteroatoms. The van der Waals surface area contributed by atoms with Crippen molar-refractivity contribution in [1.82, 2.24) is 5.32 Å². The zero-order chi connectivity index (χ0) is 14.6. The van der Waals surface area contributed by atoms with Crippen molar-refractivity contribution in [2.45, 2.75) is 25.0 Å². The Kier molecular flexibility index (Phi) is 4.46. The molecule has 2 rings (SSSR count). The SMILES string of the molecule is CCC(CO)(CO)NC(=O)C1COc2ccccc2O1. The third-order valence-corrected chi connectivity index (χ3v) is 3.47. The first-order valence-electron chi connectivity index (χ1n) is 6.56. The normalized spacial score (nSPS) is 17.6. The summed E-state index contributed by atoms with van der Waals surface area (Å²) in [7, 11) is 0. The smallest absolute Gasteiger partial charge is 0.265 e. The van der Waals surface area contributed by atoms with Crippen molar-refractivity contribution in [3.05, 3.63) is 24.3 Å². The number of carbonyl (C=O) groups is 1. The first kappa shape index (κ1) is 14.6. The molecule has 0 radical (unpaired) electrons. The Bertz CT molecular complexity index is 464. The van der Waals surface area contributed by atoms with E-state index in [2.05, 4.69) is 5.32 Å². The molecule has 1 amide bonds. The standard InChI is InChI=1S/C14H19NO5/c1-2-14(8-16,9-17)15-13(18)12-7-19-10-5-3-4-6-11(10)20-12/h3-6,12,16-17H,2,7-9H2,1H3,(H,15,18). The number of nitrogens with one attached hydrogen (secondary N) is 1. The van der Waals surface area contributed by atoms with Gasteiger partial charge in [-0.1, -0.05) is 19.1 Å². The van der Waals surface area contributed by atoms with Crippen LogP contribution in [0, 0.1) is 0 Å². The zero-order valence-electron chi connectivity index (χ0n) is 11.3. The van der Waals surface area contributed by atoms with Crippen LogP contribution in [0.1, 0.15) is 13.3 Å². The van der Waals surface area contributed by atoms with Crippen LogP contribution in [-0.4, -0.2) is 47.6 Å². The minimum absolute atomic E-state index is 0.0967. The number of ether oxygens (including phenoxy) is 2. The van der Waals surface area contributed by atoms with Crippen LogP contribution < -0.4 is 14.8 Å². The zero-order valence-corrected chi connectivity index (χ0v) is 11.3. The van der Waals surface area contributed by atoms with Gasteiger partial charge in [-0.3, -0.25) is 4.79 Å². The van der Waals surface area contributed by atoms with E-state index in [4.69, 9.17) is 9.47 Å². The van der Waals surface area contributed by atoms with E-state index in [9.17, 15) is 15.0 Å². The average molecular weight is 281 g/mol. The maximum absolute atomic E-state index is 12.2. The summed E-state index contributed by atoms with van der Waals surface area (Å²) >= 11 is 0. The highest BCUT2D eigenvalue weighted by Crippen LogP contribution is 2.31. The van der Waals surface area contributed by atoms with E-state index < -0.39 is 17.6 Å². The Morgan fingerprint density at radius 3 is 2.60 bits per heavy atom. The third-order valence-electron chi connectivity index (χ3n) is 3.47. The molecule has 20 heavy (non-hydrogen) atoms. The Morgan fingerprint density at radius 1 is 1.35 bits per heavy atom. The average Bonchev–Trinajstić information content (AvgIpc) is 2.52. The number of rotatable bonds is 5. The lowest BCUT2D eigenvalue weighted by atomic mass is 9.98. The van der Waals surface area contributed by atoms with Crippen molar-refractivity contribution in [3.8, 4) is 11.5 Å². The summed E-state index contributed by atoms with van der Waals surface area (Å²) in [5.41, 5.74) is -1.03. The van der Waals surface area contributed by atoms with Gasteiger partial charge in [0.2, 0.25) is 6.10 Å². The van der Waals surface area contributed by atoms with Gasteiger partial charge in [0.15, 0.2) is 11.5 Å². The summed E-state index contributed by atoms with van der Waals surface area (Å²) in [5.74, 6) is 0.695. The van der Waals surface area contributed by atoms with Gasteiger partial charge in [-0.2, -0.15) is 0 Å². The van der Waals surface area contributed by atoms with Crippen LogP contribution in [0.3, 0.4) is 0 Å². The Morgan fingerprint density at radius 2 is 2.00 bits per heavy atom. The molecule has 110 valence electrons. The summed E-state index contributed by atoms with van der Waals surface area (Å²) in [6.07, 6.45) is -0.385. The van der Waals surface area contributed by atoms with E-state index in [0.717, 1.165) is 0 Å². The molecule has 1 atom stereocenters. The number of amides is 1. The molecule has 0 aliphatic carbocycles. The second kappa shape index (κ2) is 6.11. The fraction of sp³-hybridized carbons (Fsp3) is 0.500. The first-order valence-corrected chi connectivity index (χ1v) is 6.56. The quantitative estimate of drug-likeness (QED) is 0.711. The number of hydrogen-bond acceptors (Lipinski definition) is 5. The largest absolute Gasteiger partial charge is 0.485 e. The van der Waals surface area contributed by atoms with E-state index in [1.807, 2.05) is 6.07 Å². The summed E-state index contributed by atoms with van der Waals surface area (Å²) in [6.45, 7) is 1.20. The number of aliphatic hydroxyl groups excluding tert-OH is 2. The van der Waals surface area contributed by atoms with Gasteiger partial charge in [0.1, 0.15) is 6.61 Å². The second-order valence-corrected chi connectivity index (χ2v) is 4.80. The molecule has 0 spiro atoms. The molecule has 6 nitrogen and oxygen atoms in total. The van der Waals surface area contributed by atoms with Crippen molar-refractivity contribution in [2.24, 2.45) is 0 Å². The predicted octanol–water partition coefficient (Wildman–Crippen LogP) is 0.0760. The van der Waals surface area contributed by atoms with Crippen molar-refractivity contribution in [2.75, 3.05) is 19.8 Å². The maximum atomic E-state index is 12.2. The lowest BCUT2D eigenvalue weighted by Crippen LogP contribution is -2.58. The molecule has 1 aromatic rings. The van der Waals surface area contributed by atoms with Crippen LogP contribution in [0.15, 0.2) is 24.3 Å². The molecule has 1 unspecified atom stereocenters. The number of hydrogen-bond donors (Lipinski definition) is 3. The Hall–Kier alpha value is -1.79. The van der Waals surface area contributed by atoms with Gasteiger partial charge in [0, 0.05) is 0 Å². The predicted molar refractivity (Wildman–Crippen MR) is 71.7 cm³/mol. The van der Waals surface area contributed by atoms with Gasteiger partial charge in [0.25, 0.3) is 5.91 Å². The molecule has 0 aromatic heterocycles. The van der Waals surface area contributed by atoms with Crippen molar-refractivity contribution in [3.63, 3.8) is 0 Å². The molecule has 0 bridgehead atoms. The minimum atomic E-state index is -1.03. The van der Waals surface area contributed by atoms with Gasteiger partial charge < -0.3 is 25.0 Å². The van der Waals surface area contributed by atoms with Gasteiger partial charge >= 0.3 is 0 Å². The van der Waals surface area contributed by atoms with E-state index in [0.29, 0.717) is 17.9 Å². The van der Waals surface area contributed by atoms with E-state index >= 15 is 0 Å². The van der Waals surface area contributed by atoms with Gasteiger partial charge in [0.05, 0.1) is 18.8 Å². The van der Waals surface area contributed by atoms with Crippen LogP contribution in [0.25, 0.3) is 0 Å².